The number of hydrogen-bond acceptors (Lipinski definition) is 2. The van der Waals surface area contributed by atoms with Gasteiger partial charge in [0.2, 0.25) is 0 Å². The van der Waals surface area contributed by atoms with Crippen molar-refractivity contribution in [3.05, 3.63) is 57.6 Å². The molecule has 0 bridgehead atoms. The van der Waals surface area contributed by atoms with E-state index in [-0.39, 0.29) is 0 Å². The molecule has 0 aliphatic rings. The van der Waals surface area contributed by atoms with E-state index in [1.165, 1.54) is 16.7 Å². The molecule has 0 atom stereocenters. The Kier molecular flexibility index (Phi) is 5.29. The Hall–Kier alpha value is -1.22. The predicted octanol–water partition coefficient (Wildman–Crippen LogP) is 4.16. The zero-order valence-electron chi connectivity index (χ0n) is 10.7. The average Bonchev–Trinajstić information content (AvgIpc) is 2.31. The molecule has 0 saturated heterocycles. The summed E-state index contributed by atoms with van der Waals surface area (Å²) in [6.45, 7) is 8.19. The van der Waals surface area contributed by atoms with E-state index in [9.17, 15) is 0 Å². The lowest BCUT2D eigenvalue weighted by Crippen LogP contribution is -1.84. The number of aromatic nitrogens is 2. The Bertz CT molecular complexity index is 454. The number of nitrogens with zero attached hydrogens (tertiary/aromatic N) is 2. The Morgan fingerprint density at radius 1 is 0.941 bits per heavy atom. The van der Waals surface area contributed by atoms with Crippen molar-refractivity contribution in [1.82, 2.24) is 9.97 Å². The molecule has 0 aliphatic carbocycles. The van der Waals surface area contributed by atoms with E-state index in [1.807, 2.05) is 38.4 Å². The average molecular weight is 293 g/mol. The van der Waals surface area contributed by atoms with Gasteiger partial charge in [-0.3, -0.25) is 9.97 Å². The van der Waals surface area contributed by atoms with Gasteiger partial charge in [-0.1, -0.05) is 15.9 Å². The van der Waals surface area contributed by atoms with Gasteiger partial charge in [-0.15, -0.1) is 0 Å². The van der Waals surface area contributed by atoms with E-state index in [2.05, 4.69) is 39.7 Å². The molecule has 3 heteroatoms. The molecule has 2 heterocycles. The van der Waals surface area contributed by atoms with E-state index in [0.717, 1.165) is 10.2 Å². The second-order valence-electron chi connectivity index (χ2n) is 3.96. The van der Waals surface area contributed by atoms with Crippen molar-refractivity contribution in [1.29, 1.82) is 0 Å². The smallest absolute Gasteiger partial charge is 0.0413 e. The van der Waals surface area contributed by atoms with Crippen molar-refractivity contribution in [2.24, 2.45) is 0 Å². The van der Waals surface area contributed by atoms with Crippen molar-refractivity contribution < 1.29 is 0 Å². The van der Waals surface area contributed by atoms with Gasteiger partial charge in [0.1, 0.15) is 0 Å². The van der Waals surface area contributed by atoms with Gasteiger partial charge in [0.25, 0.3) is 0 Å². The Labute approximate surface area is 111 Å². The van der Waals surface area contributed by atoms with E-state index >= 15 is 0 Å². The second kappa shape index (κ2) is 6.50. The maximum Gasteiger partial charge on any atom is 0.0413 e. The molecule has 90 valence electrons. The first-order valence-electron chi connectivity index (χ1n) is 5.47. The lowest BCUT2D eigenvalue weighted by Gasteiger charge is -1.98. The molecular weight excluding hydrogens is 276 g/mol. The molecule has 0 unspecified atom stereocenters. The van der Waals surface area contributed by atoms with Crippen LogP contribution < -0.4 is 0 Å². The molecule has 0 amide bonds. The normalized spacial score (nSPS) is 9.47. The number of aryl methyl sites for hydroxylation is 3. The van der Waals surface area contributed by atoms with Gasteiger partial charge in [0.15, 0.2) is 0 Å². The minimum Gasteiger partial charge on any atom is -0.264 e. The fraction of sp³-hybridized carbons (Fsp3) is 0.286. The zero-order valence-corrected chi connectivity index (χ0v) is 12.2. The highest BCUT2D eigenvalue weighted by molar-refractivity contribution is 9.10. The van der Waals surface area contributed by atoms with Gasteiger partial charge >= 0.3 is 0 Å². The summed E-state index contributed by atoms with van der Waals surface area (Å²) in [7, 11) is 0. The van der Waals surface area contributed by atoms with Crippen LogP contribution in [-0.4, -0.2) is 9.97 Å². The van der Waals surface area contributed by atoms with E-state index in [1.54, 1.807) is 6.20 Å². The highest BCUT2D eigenvalue weighted by Gasteiger charge is 1.95. The minimum atomic E-state index is 1.09. The largest absolute Gasteiger partial charge is 0.264 e. The molecule has 2 rings (SSSR count). The summed E-state index contributed by atoms with van der Waals surface area (Å²) < 4.78 is 1.13. The van der Waals surface area contributed by atoms with E-state index in [0.29, 0.717) is 0 Å². The van der Waals surface area contributed by atoms with Gasteiger partial charge < -0.3 is 0 Å². The summed E-state index contributed by atoms with van der Waals surface area (Å²) in [5.41, 5.74) is 4.87. The van der Waals surface area contributed by atoms with Crippen LogP contribution in [0.3, 0.4) is 0 Å². The first-order valence-corrected chi connectivity index (χ1v) is 6.26. The summed E-state index contributed by atoms with van der Waals surface area (Å²) in [5, 5.41) is 0. The van der Waals surface area contributed by atoms with Crippen LogP contribution in [0.15, 0.2) is 35.2 Å². The van der Waals surface area contributed by atoms with Crippen LogP contribution in [0, 0.1) is 27.7 Å². The number of hydrogen-bond donors (Lipinski definition) is 0. The molecule has 2 aromatic rings. The molecular formula is C14H17BrN2. The fourth-order valence-corrected chi connectivity index (χ4v) is 1.56. The molecule has 0 aromatic carbocycles. The van der Waals surface area contributed by atoms with E-state index < -0.39 is 0 Å². The molecule has 0 radical (unpaired) electrons. The molecule has 0 spiro atoms. The summed E-state index contributed by atoms with van der Waals surface area (Å²) >= 11 is 3.41. The van der Waals surface area contributed by atoms with Crippen LogP contribution in [0.5, 0.6) is 0 Å². The zero-order chi connectivity index (χ0) is 12.8. The van der Waals surface area contributed by atoms with Crippen LogP contribution in [-0.2, 0) is 0 Å². The third-order valence-corrected chi connectivity index (χ3v) is 3.55. The highest BCUT2D eigenvalue weighted by atomic mass is 79.9. The van der Waals surface area contributed by atoms with Crippen LogP contribution in [0.1, 0.15) is 22.4 Å². The lowest BCUT2D eigenvalue weighted by molar-refractivity contribution is 1.14. The fourth-order valence-electron chi connectivity index (χ4n) is 1.15. The Morgan fingerprint density at radius 2 is 1.65 bits per heavy atom. The van der Waals surface area contributed by atoms with Crippen LogP contribution >= 0.6 is 15.9 Å². The van der Waals surface area contributed by atoms with Crippen molar-refractivity contribution in [2.75, 3.05) is 0 Å². The van der Waals surface area contributed by atoms with Gasteiger partial charge in [-0.2, -0.15) is 0 Å². The summed E-state index contributed by atoms with van der Waals surface area (Å²) in [6, 6.07) is 3.96. The van der Waals surface area contributed by atoms with E-state index in [4.69, 9.17) is 0 Å². The van der Waals surface area contributed by atoms with Crippen LogP contribution in [0.4, 0.5) is 0 Å². The summed E-state index contributed by atoms with van der Waals surface area (Å²) in [6.07, 6.45) is 5.48. The quantitative estimate of drug-likeness (QED) is 0.729. The van der Waals surface area contributed by atoms with Crippen molar-refractivity contribution in [3.8, 4) is 0 Å². The van der Waals surface area contributed by atoms with Crippen molar-refractivity contribution >= 4 is 15.9 Å². The van der Waals surface area contributed by atoms with Gasteiger partial charge in [-0.05, 0) is 56.5 Å². The second-order valence-corrected chi connectivity index (χ2v) is 4.82. The monoisotopic (exact) mass is 292 g/mol. The van der Waals surface area contributed by atoms with Gasteiger partial charge in [0, 0.05) is 28.8 Å². The minimum absolute atomic E-state index is 1.09. The summed E-state index contributed by atoms with van der Waals surface area (Å²) in [4.78, 5) is 8.05. The van der Waals surface area contributed by atoms with Gasteiger partial charge in [0.05, 0.1) is 0 Å². The predicted molar refractivity (Wildman–Crippen MR) is 75.1 cm³/mol. The maximum absolute atomic E-state index is 4.11. The number of pyridine rings is 2. The molecule has 0 aliphatic heterocycles. The third kappa shape index (κ3) is 4.27. The lowest BCUT2D eigenvalue weighted by atomic mass is 10.2. The SMILES string of the molecule is Cc1ccncc1C.Cc1nccc(Br)c1C. The van der Waals surface area contributed by atoms with Crippen molar-refractivity contribution in [2.45, 2.75) is 27.7 Å². The molecule has 0 N–H and O–H groups in total. The highest BCUT2D eigenvalue weighted by Crippen LogP contribution is 2.15. The standard InChI is InChI=1S/C7H8BrN.C7H9N/c1-5-6(2)9-4-3-7(5)8;1-6-3-4-8-5-7(6)2/h3-4H,1-2H3;3-5H,1-2H3. The van der Waals surface area contributed by atoms with Crippen LogP contribution in [0.2, 0.25) is 0 Å². The first kappa shape index (κ1) is 13.8. The third-order valence-electron chi connectivity index (χ3n) is 2.69. The number of halogens is 1. The van der Waals surface area contributed by atoms with Gasteiger partial charge in [-0.25, -0.2) is 0 Å². The maximum atomic E-state index is 4.11. The molecule has 2 nitrogen and oxygen atoms in total. The molecule has 17 heavy (non-hydrogen) atoms. The molecule has 0 fully saturated rings. The molecule has 0 saturated carbocycles. The Morgan fingerprint density at radius 3 is 2.06 bits per heavy atom. The number of rotatable bonds is 0. The molecule has 2 aromatic heterocycles. The Balaban J connectivity index is 0.000000171. The topological polar surface area (TPSA) is 25.8 Å². The summed E-state index contributed by atoms with van der Waals surface area (Å²) in [5.74, 6) is 0. The first-order chi connectivity index (χ1) is 8.02. The van der Waals surface area contributed by atoms with Crippen molar-refractivity contribution in [3.63, 3.8) is 0 Å². The van der Waals surface area contributed by atoms with Crippen LogP contribution in [0.25, 0.3) is 0 Å².